The third-order valence-corrected chi connectivity index (χ3v) is 4.52. The van der Waals surface area contributed by atoms with E-state index in [1.165, 1.54) is 5.69 Å². The SMILES string of the molecule is COCC(C)C(CN)N1CCN(c2cccc(Cl)c2)CC1. The highest BCUT2D eigenvalue weighted by Gasteiger charge is 2.26. The fourth-order valence-corrected chi connectivity index (χ4v) is 3.28. The Kier molecular flexibility index (Phi) is 6.30. The van der Waals surface area contributed by atoms with Gasteiger partial charge >= 0.3 is 0 Å². The third kappa shape index (κ3) is 4.33. The molecular formula is C16H26ClN3O. The van der Waals surface area contributed by atoms with Crippen molar-refractivity contribution < 1.29 is 4.74 Å². The number of nitrogens with zero attached hydrogens (tertiary/aromatic N) is 2. The number of rotatable bonds is 6. The first kappa shape index (κ1) is 16.6. The van der Waals surface area contributed by atoms with E-state index < -0.39 is 0 Å². The highest BCUT2D eigenvalue weighted by molar-refractivity contribution is 6.30. The Morgan fingerprint density at radius 1 is 1.29 bits per heavy atom. The Balaban J connectivity index is 1.93. The molecule has 2 rings (SSSR count). The Morgan fingerprint density at radius 3 is 2.57 bits per heavy atom. The van der Waals surface area contributed by atoms with Crippen LogP contribution < -0.4 is 10.6 Å². The lowest BCUT2D eigenvalue weighted by molar-refractivity contribution is 0.0815. The summed E-state index contributed by atoms with van der Waals surface area (Å²) in [5.41, 5.74) is 7.18. The number of hydrogen-bond donors (Lipinski definition) is 1. The maximum atomic E-state index is 6.07. The Morgan fingerprint density at radius 2 is 2.00 bits per heavy atom. The maximum Gasteiger partial charge on any atom is 0.0503 e. The molecule has 1 aliphatic rings. The molecular weight excluding hydrogens is 286 g/mol. The average Bonchev–Trinajstić information content (AvgIpc) is 2.49. The van der Waals surface area contributed by atoms with Gasteiger partial charge in [-0.2, -0.15) is 0 Å². The number of hydrogen-bond acceptors (Lipinski definition) is 4. The van der Waals surface area contributed by atoms with Crippen LogP contribution in [0.15, 0.2) is 24.3 Å². The number of anilines is 1. The second-order valence-corrected chi connectivity index (χ2v) is 6.17. The molecule has 118 valence electrons. The molecule has 21 heavy (non-hydrogen) atoms. The summed E-state index contributed by atoms with van der Waals surface area (Å²) in [5.74, 6) is 0.456. The van der Waals surface area contributed by atoms with Crippen LogP contribution in [0, 0.1) is 5.92 Å². The van der Waals surface area contributed by atoms with Crippen LogP contribution in [-0.2, 0) is 4.74 Å². The van der Waals surface area contributed by atoms with Gasteiger partial charge in [0.05, 0.1) is 6.61 Å². The van der Waals surface area contributed by atoms with Gasteiger partial charge in [0.2, 0.25) is 0 Å². The minimum atomic E-state index is 0.395. The van der Waals surface area contributed by atoms with Gasteiger partial charge in [0.15, 0.2) is 0 Å². The van der Waals surface area contributed by atoms with Gasteiger partial charge in [-0.1, -0.05) is 24.6 Å². The molecule has 4 nitrogen and oxygen atoms in total. The van der Waals surface area contributed by atoms with E-state index in [2.05, 4.69) is 22.8 Å². The van der Waals surface area contributed by atoms with E-state index in [1.54, 1.807) is 7.11 Å². The van der Waals surface area contributed by atoms with Gasteiger partial charge in [-0.15, -0.1) is 0 Å². The number of ether oxygens (including phenoxy) is 1. The lowest BCUT2D eigenvalue weighted by Gasteiger charge is -2.41. The molecule has 1 saturated heterocycles. The maximum absolute atomic E-state index is 6.07. The standard InChI is InChI=1S/C16H26ClN3O/c1-13(12-21-2)16(11-18)20-8-6-19(7-9-20)15-5-3-4-14(17)10-15/h3-5,10,13,16H,6-9,11-12,18H2,1-2H3. The van der Waals surface area contributed by atoms with Crippen LogP contribution in [-0.4, -0.2) is 57.4 Å². The molecule has 1 aromatic rings. The van der Waals surface area contributed by atoms with Gasteiger partial charge < -0.3 is 15.4 Å². The molecule has 0 saturated carbocycles. The first-order chi connectivity index (χ1) is 10.2. The molecule has 2 atom stereocenters. The number of piperazine rings is 1. The average molecular weight is 312 g/mol. The van der Waals surface area contributed by atoms with Crippen molar-refractivity contribution >= 4 is 17.3 Å². The molecule has 1 fully saturated rings. The summed E-state index contributed by atoms with van der Waals surface area (Å²) in [4.78, 5) is 4.88. The monoisotopic (exact) mass is 311 g/mol. The van der Waals surface area contributed by atoms with Crippen LogP contribution in [0.25, 0.3) is 0 Å². The number of benzene rings is 1. The van der Waals surface area contributed by atoms with Crippen molar-refractivity contribution in [3.8, 4) is 0 Å². The van der Waals surface area contributed by atoms with E-state index in [0.29, 0.717) is 18.5 Å². The fraction of sp³-hybridized carbons (Fsp3) is 0.625. The minimum absolute atomic E-state index is 0.395. The lowest BCUT2D eigenvalue weighted by atomic mass is 10.0. The van der Waals surface area contributed by atoms with Crippen molar-refractivity contribution in [2.45, 2.75) is 13.0 Å². The minimum Gasteiger partial charge on any atom is -0.384 e. The summed E-state index contributed by atoms with van der Waals surface area (Å²) in [5, 5.41) is 0.795. The van der Waals surface area contributed by atoms with Gasteiger partial charge in [0, 0.05) is 56.6 Å². The predicted octanol–water partition coefficient (Wildman–Crippen LogP) is 2.07. The molecule has 0 amide bonds. The molecule has 0 aliphatic carbocycles. The van der Waals surface area contributed by atoms with Gasteiger partial charge in [-0.05, 0) is 24.1 Å². The van der Waals surface area contributed by atoms with E-state index in [0.717, 1.165) is 37.8 Å². The van der Waals surface area contributed by atoms with E-state index in [-0.39, 0.29) is 0 Å². The van der Waals surface area contributed by atoms with Crippen molar-refractivity contribution in [2.24, 2.45) is 11.7 Å². The highest BCUT2D eigenvalue weighted by Crippen LogP contribution is 2.22. The molecule has 2 N–H and O–H groups in total. The summed E-state index contributed by atoms with van der Waals surface area (Å²) in [6, 6.07) is 8.47. The molecule has 5 heteroatoms. The van der Waals surface area contributed by atoms with Crippen molar-refractivity contribution in [1.29, 1.82) is 0 Å². The van der Waals surface area contributed by atoms with Crippen LogP contribution in [0.4, 0.5) is 5.69 Å². The molecule has 1 aromatic carbocycles. The molecule has 2 unspecified atom stereocenters. The Bertz CT molecular complexity index is 435. The molecule has 0 radical (unpaired) electrons. The van der Waals surface area contributed by atoms with Gasteiger partial charge in [0.25, 0.3) is 0 Å². The molecule has 1 heterocycles. The quantitative estimate of drug-likeness (QED) is 0.873. The molecule has 0 bridgehead atoms. The molecule has 1 aliphatic heterocycles. The zero-order valence-corrected chi connectivity index (χ0v) is 13.7. The highest BCUT2D eigenvalue weighted by atomic mass is 35.5. The van der Waals surface area contributed by atoms with E-state index in [1.807, 2.05) is 18.2 Å². The van der Waals surface area contributed by atoms with Crippen molar-refractivity contribution in [1.82, 2.24) is 4.90 Å². The Hall–Kier alpha value is -0.810. The van der Waals surface area contributed by atoms with Crippen LogP contribution in [0.3, 0.4) is 0 Å². The third-order valence-electron chi connectivity index (χ3n) is 4.28. The first-order valence-corrected chi connectivity index (χ1v) is 7.97. The van der Waals surface area contributed by atoms with Crippen LogP contribution in [0.5, 0.6) is 0 Å². The molecule has 0 spiro atoms. The normalized spacial score (nSPS) is 19.5. The molecule has 0 aromatic heterocycles. The summed E-state index contributed by atoms with van der Waals surface area (Å²) in [6.45, 7) is 7.74. The second-order valence-electron chi connectivity index (χ2n) is 5.74. The summed E-state index contributed by atoms with van der Waals surface area (Å²) in [7, 11) is 1.75. The fourth-order valence-electron chi connectivity index (χ4n) is 3.10. The Labute approximate surface area is 132 Å². The van der Waals surface area contributed by atoms with Gasteiger partial charge in [-0.3, -0.25) is 4.90 Å². The number of nitrogens with two attached hydrogens (primary N) is 1. The predicted molar refractivity (Wildman–Crippen MR) is 89.1 cm³/mol. The van der Waals surface area contributed by atoms with Crippen LogP contribution in [0.2, 0.25) is 5.02 Å². The van der Waals surface area contributed by atoms with E-state index >= 15 is 0 Å². The largest absolute Gasteiger partial charge is 0.384 e. The van der Waals surface area contributed by atoms with Crippen molar-refractivity contribution in [2.75, 3.05) is 51.3 Å². The first-order valence-electron chi connectivity index (χ1n) is 7.59. The van der Waals surface area contributed by atoms with Gasteiger partial charge in [-0.25, -0.2) is 0 Å². The number of halogens is 1. The van der Waals surface area contributed by atoms with Gasteiger partial charge in [0.1, 0.15) is 0 Å². The van der Waals surface area contributed by atoms with E-state index in [4.69, 9.17) is 22.1 Å². The second kappa shape index (κ2) is 7.99. The zero-order valence-electron chi connectivity index (χ0n) is 13.0. The summed E-state index contributed by atoms with van der Waals surface area (Å²) in [6.07, 6.45) is 0. The lowest BCUT2D eigenvalue weighted by Crippen LogP contribution is -2.55. The smallest absolute Gasteiger partial charge is 0.0503 e. The topological polar surface area (TPSA) is 41.7 Å². The summed E-state index contributed by atoms with van der Waals surface area (Å²) >= 11 is 6.07. The van der Waals surface area contributed by atoms with E-state index in [9.17, 15) is 0 Å². The summed E-state index contributed by atoms with van der Waals surface area (Å²) < 4.78 is 5.27. The zero-order chi connectivity index (χ0) is 15.2. The van der Waals surface area contributed by atoms with Crippen molar-refractivity contribution in [3.05, 3.63) is 29.3 Å². The van der Waals surface area contributed by atoms with Crippen molar-refractivity contribution in [3.63, 3.8) is 0 Å². The van der Waals surface area contributed by atoms with Crippen LogP contribution in [0.1, 0.15) is 6.92 Å². The van der Waals surface area contributed by atoms with Crippen LogP contribution >= 0.6 is 11.6 Å². The number of methoxy groups -OCH3 is 1.